The number of fused-ring (bicyclic) bond motifs is 1. The Balaban J connectivity index is 1.41. The molecule has 0 aliphatic heterocycles. The lowest BCUT2D eigenvalue weighted by atomic mass is 10.2. The van der Waals surface area contributed by atoms with Crippen molar-refractivity contribution in [3.63, 3.8) is 0 Å². The average Bonchev–Trinajstić information content (AvgIpc) is 3.33. The topological polar surface area (TPSA) is 68.3 Å². The molecule has 0 radical (unpaired) electrons. The minimum absolute atomic E-state index is 0.0922. The molecule has 6 heteroatoms. The van der Waals surface area contributed by atoms with Gasteiger partial charge >= 0.3 is 0 Å². The van der Waals surface area contributed by atoms with Gasteiger partial charge in [-0.2, -0.15) is 0 Å². The van der Waals surface area contributed by atoms with Crippen molar-refractivity contribution in [2.45, 2.75) is 26.3 Å². The van der Waals surface area contributed by atoms with Crippen LogP contribution in [0.25, 0.3) is 21.7 Å². The summed E-state index contributed by atoms with van der Waals surface area (Å²) in [6.45, 7) is 3.80. The smallest absolute Gasteiger partial charge is 0.226 e. The maximum atomic E-state index is 12.3. The largest absolute Gasteiger partial charge is 0.459 e. The number of hydrogen-bond donors (Lipinski definition) is 1. The van der Waals surface area contributed by atoms with E-state index in [4.69, 9.17) is 8.83 Å². The van der Waals surface area contributed by atoms with E-state index in [0.717, 1.165) is 39.0 Å². The van der Waals surface area contributed by atoms with Gasteiger partial charge in [-0.3, -0.25) is 4.79 Å². The molecule has 0 aliphatic rings. The van der Waals surface area contributed by atoms with Gasteiger partial charge in [0.05, 0.1) is 18.2 Å². The van der Waals surface area contributed by atoms with Gasteiger partial charge in [-0.25, -0.2) is 4.98 Å². The average molecular weight is 366 g/mol. The number of thiazole rings is 1. The molecule has 1 amide bonds. The molecule has 1 unspecified atom stereocenters. The van der Waals surface area contributed by atoms with Crippen molar-refractivity contribution in [1.29, 1.82) is 0 Å². The van der Waals surface area contributed by atoms with E-state index in [1.54, 1.807) is 0 Å². The molecule has 4 rings (SSSR count). The Morgan fingerprint density at radius 1 is 1.23 bits per heavy atom. The molecule has 1 aromatic carbocycles. The van der Waals surface area contributed by atoms with Gasteiger partial charge in [0.25, 0.3) is 0 Å². The van der Waals surface area contributed by atoms with E-state index in [-0.39, 0.29) is 18.4 Å². The summed E-state index contributed by atoms with van der Waals surface area (Å²) in [4.78, 5) is 16.8. The number of para-hydroxylation sites is 1. The lowest BCUT2D eigenvalue weighted by molar-refractivity contribution is -0.121. The van der Waals surface area contributed by atoms with Crippen molar-refractivity contribution in [1.82, 2.24) is 10.3 Å². The van der Waals surface area contributed by atoms with E-state index < -0.39 is 0 Å². The molecule has 0 spiro atoms. The molecule has 0 saturated carbocycles. The third-order valence-electron chi connectivity index (χ3n) is 4.09. The number of aryl methyl sites for hydroxylation is 1. The Morgan fingerprint density at radius 2 is 2.08 bits per heavy atom. The Labute approximate surface area is 154 Å². The van der Waals surface area contributed by atoms with Crippen LogP contribution in [0.4, 0.5) is 0 Å². The fraction of sp³-hybridized carbons (Fsp3) is 0.200. The highest BCUT2D eigenvalue weighted by Gasteiger charge is 2.16. The summed E-state index contributed by atoms with van der Waals surface area (Å²) in [7, 11) is 0. The summed E-state index contributed by atoms with van der Waals surface area (Å²) < 4.78 is 11.4. The minimum atomic E-state index is -0.208. The molecular formula is C20H18N2O3S. The summed E-state index contributed by atoms with van der Waals surface area (Å²) in [5.41, 5.74) is 1.55. The molecule has 1 N–H and O–H groups in total. The van der Waals surface area contributed by atoms with Crippen molar-refractivity contribution in [2.75, 3.05) is 0 Å². The zero-order valence-electron chi connectivity index (χ0n) is 14.5. The number of hydrogen-bond acceptors (Lipinski definition) is 5. The first-order valence-electron chi connectivity index (χ1n) is 8.37. The summed E-state index contributed by atoms with van der Waals surface area (Å²) in [5.74, 6) is 2.22. The number of carbonyl (C=O) groups is 1. The SMILES string of the molecule is Cc1ccc(-c2nc(CC(=O)NC(C)c3cc4ccccc4o3)cs2)o1. The maximum absolute atomic E-state index is 12.3. The van der Waals surface area contributed by atoms with Crippen molar-refractivity contribution >= 4 is 28.2 Å². The third kappa shape index (κ3) is 3.41. The Morgan fingerprint density at radius 3 is 2.85 bits per heavy atom. The van der Waals surface area contributed by atoms with Crippen LogP contribution < -0.4 is 5.32 Å². The number of rotatable bonds is 5. The van der Waals surface area contributed by atoms with Gasteiger partial charge < -0.3 is 14.2 Å². The molecule has 0 aliphatic carbocycles. The highest BCUT2D eigenvalue weighted by Crippen LogP contribution is 2.26. The van der Waals surface area contributed by atoms with E-state index in [0.29, 0.717) is 0 Å². The first kappa shape index (κ1) is 16.6. The van der Waals surface area contributed by atoms with Crippen molar-refractivity contribution in [3.8, 4) is 10.8 Å². The summed E-state index contributed by atoms with van der Waals surface area (Å²) >= 11 is 1.47. The summed E-state index contributed by atoms with van der Waals surface area (Å²) in [5, 5.41) is 6.67. The van der Waals surface area contributed by atoms with Gasteiger partial charge in [-0.05, 0) is 38.1 Å². The van der Waals surface area contributed by atoms with Gasteiger partial charge in [0.2, 0.25) is 5.91 Å². The van der Waals surface area contributed by atoms with Crippen molar-refractivity contribution in [3.05, 3.63) is 65.1 Å². The van der Waals surface area contributed by atoms with Gasteiger partial charge in [0.15, 0.2) is 10.8 Å². The molecule has 3 aromatic heterocycles. The lowest BCUT2D eigenvalue weighted by Gasteiger charge is -2.10. The first-order chi connectivity index (χ1) is 12.6. The molecule has 3 heterocycles. The first-order valence-corrected chi connectivity index (χ1v) is 9.25. The number of amides is 1. The molecule has 0 saturated heterocycles. The molecule has 0 fully saturated rings. The highest BCUT2D eigenvalue weighted by atomic mass is 32.1. The van der Waals surface area contributed by atoms with E-state index in [9.17, 15) is 4.79 Å². The Kier molecular flexibility index (Phi) is 4.34. The standard InChI is InChI=1S/C20H18N2O3S/c1-12-7-8-17(24-12)20-22-15(11-26-20)10-19(23)21-13(2)18-9-14-5-3-4-6-16(14)25-18/h3-9,11,13H,10H2,1-2H3,(H,21,23). The number of nitrogens with one attached hydrogen (secondary N) is 1. The van der Waals surface area contributed by atoms with Crippen LogP contribution in [-0.4, -0.2) is 10.9 Å². The number of nitrogens with zero attached hydrogens (tertiary/aromatic N) is 1. The number of furan rings is 2. The number of aromatic nitrogens is 1. The van der Waals surface area contributed by atoms with Crippen molar-refractivity contribution in [2.24, 2.45) is 0 Å². The molecular weight excluding hydrogens is 348 g/mol. The van der Waals surface area contributed by atoms with Crippen LogP contribution in [0.2, 0.25) is 0 Å². The fourth-order valence-electron chi connectivity index (χ4n) is 2.79. The van der Waals surface area contributed by atoms with Gasteiger partial charge in [0, 0.05) is 10.8 Å². The molecule has 26 heavy (non-hydrogen) atoms. The molecule has 0 bridgehead atoms. The van der Waals surface area contributed by atoms with Crippen LogP contribution in [0.15, 0.2) is 56.7 Å². The van der Waals surface area contributed by atoms with Crippen LogP contribution in [0.5, 0.6) is 0 Å². The zero-order valence-corrected chi connectivity index (χ0v) is 15.3. The van der Waals surface area contributed by atoms with Gasteiger partial charge in [-0.15, -0.1) is 11.3 Å². The highest BCUT2D eigenvalue weighted by molar-refractivity contribution is 7.13. The van der Waals surface area contributed by atoms with Gasteiger partial charge in [-0.1, -0.05) is 18.2 Å². The van der Waals surface area contributed by atoms with Gasteiger partial charge in [0.1, 0.15) is 17.1 Å². The lowest BCUT2D eigenvalue weighted by Crippen LogP contribution is -2.27. The number of benzene rings is 1. The van der Waals surface area contributed by atoms with Crippen LogP contribution >= 0.6 is 11.3 Å². The molecule has 132 valence electrons. The predicted octanol–water partition coefficient (Wildman–Crippen LogP) is 4.88. The zero-order chi connectivity index (χ0) is 18.1. The third-order valence-corrected chi connectivity index (χ3v) is 5.00. The second-order valence-corrected chi connectivity index (χ2v) is 7.06. The summed E-state index contributed by atoms with van der Waals surface area (Å²) in [6.07, 6.45) is 0.223. The normalized spacial score (nSPS) is 12.4. The van der Waals surface area contributed by atoms with Crippen molar-refractivity contribution < 1.29 is 13.6 Å². The second-order valence-electron chi connectivity index (χ2n) is 6.21. The minimum Gasteiger partial charge on any atom is -0.459 e. The van der Waals surface area contributed by atoms with Crippen LogP contribution in [0, 0.1) is 6.92 Å². The Bertz CT molecular complexity index is 1030. The van der Waals surface area contributed by atoms with E-state index >= 15 is 0 Å². The van der Waals surface area contributed by atoms with E-state index in [1.807, 2.05) is 61.7 Å². The quantitative estimate of drug-likeness (QED) is 0.547. The monoisotopic (exact) mass is 366 g/mol. The molecule has 4 aromatic rings. The van der Waals surface area contributed by atoms with E-state index in [2.05, 4.69) is 10.3 Å². The summed E-state index contributed by atoms with van der Waals surface area (Å²) in [6, 6.07) is 13.3. The second kappa shape index (κ2) is 6.80. The fourth-order valence-corrected chi connectivity index (χ4v) is 3.57. The Hall–Kier alpha value is -2.86. The van der Waals surface area contributed by atoms with Crippen LogP contribution in [0.3, 0.4) is 0 Å². The predicted molar refractivity (Wildman–Crippen MR) is 101 cm³/mol. The maximum Gasteiger partial charge on any atom is 0.226 e. The number of carbonyl (C=O) groups excluding carboxylic acids is 1. The van der Waals surface area contributed by atoms with Crippen LogP contribution in [-0.2, 0) is 11.2 Å². The molecule has 1 atom stereocenters. The molecule has 5 nitrogen and oxygen atoms in total. The van der Waals surface area contributed by atoms with Crippen LogP contribution in [0.1, 0.15) is 30.2 Å². The van der Waals surface area contributed by atoms with E-state index in [1.165, 1.54) is 11.3 Å².